The number of rotatable bonds is 56. The largest absolute Gasteiger partial charge is 0.382 e. The quantitative estimate of drug-likeness (QED) is 0.0799. The second-order valence-electron chi connectivity index (χ2n) is 13.7. The summed E-state index contributed by atoms with van der Waals surface area (Å²) in [6.07, 6.45) is 2.94. The molecule has 20 nitrogen and oxygen atoms in total. The summed E-state index contributed by atoms with van der Waals surface area (Å²) in [4.78, 5) is 0. The molecule has 0 aromatic heterocycles. The normalized spacial score (nSPS) is 11.5. The van der Waals surface area contributed by atoms with Crippen molar-refractivity contribution in [3.8, 4) is 18.2 Å². The Morgan fingerprint density at radius 3 is 0.562 bits per heavy atom. The average molecular weight is 924 g/mol. The van der Waals surface area contributed by atoms with Crippen molar-refractivity contribution in [3.63, 3.8) is 0 Å². The van der Waals surface area contributed by atoms with Crippen LogP contribution >= 0.6 is 0 Å². The van der Waals surface area contributed by atoms with E-state index in [-0.39, 0.29) is 5.41 Å². The SMILES string of the molecule is COCCOCCOCCOCCOCCOCCOCCOCCOCCOCCOCCOCCOCCOCCOCCOCCOCC(CCC#N)(CCC#N)CCC#N. The molecule has 0 fully saturated rings. The maximum absolute atomic E-state index is 9.02. The van der Waals surface area contributed by atoms with E-state index in [0.717, 1.165) is 0 Å². The number of nitrogens with zero attached hydrogens (tertiary/aromatic N) is 3. The molecule has 0 radical (unpaired) electrons. The van der Waals surface area contributed by atoms with E-state index in [0.29, 0.717) is 257 Å². The number of ether oxygens (including phenoxy) is 17. The van der Waals surface area contributed by atoms with Crippen LogP contribution in [0.2, 0.25) is 0 Å². The van der Waals surface area contributed by atoms with Crippen molar-refractivity contribution in [3.05, 3.63) is 0 Å². The molecule has 64 heavy (non-hydrogen) atoms. The van der Waals surface area contributed by atoms with Crippen molar-refractivity contribution in [1.82, 2.24) is 0 Å². The molecule has 0 saturated heterocycles. The summed E-state index contributed by atoms with van der Waals surface area (Å²) in [5, 5.41) is 27.1. The molecule has 0 atom stereocenters. The molecule has 374 valence electrons. The van der Waals surface area contributed by atoms with Gasteiger partial charge in [0.25, 0.3) is 0 Å². The van der Waals surface area contributed by atoms with E-state index >= 15 is 0 Å². The van der Waals surface area contributed by atoms with E-state index < -0.39 is 0 Å². The predicted octanol–water partition coefficient (Wildman–Crippen LogP) is 2.80. The third-order valence-electron chi connectivity index (χ3n) is 8.72. The van der Waals surface area contributed by atoms with Gasteiger partial charge in [0.1, 0.15) is 0 Å². The number of methoxy groups -OCH3 is 1. The summed E-state index contributed by atoms with van der Waals surface area (Å²) in [7, 11) is 1.64. The monoisotopic (exact) mass is 924 g/mol. The lowest BCUT2D eigenvalue weighted by atomic mass is 9.76. The van der Waals surface area contributed by atoms with Gasteiger partial charge in [-0.2, -0.15) is 15.8 Å². The van der Waals surface area contributed by atoms with Gasteiger partial charge in [-0.3, -0.25) is 0 Å². The first-order valence-corrected chi connectivity index (χ1v) is 22.6. The zero-order valence-electron chi connectivity index (χ0n) is 38.9. The van der Waals surface area contributed by atoms with E-state index in [9.17, 15) is 0 Å². The molecule has 0 saturated carbocycles. The van der Waals surface area contributed by atoms with Gasteiger partial charge in [0.2, 0.25) is 0 Å². The van der Waals surface area contributed by atoms with Crippen LogP contribution in [-0.2, 0) is 80.5 Å². The van der Waals surface area contributed by atoms with Gasteiger partial charge in [0.15, 0.2) is 0 Å². The average Bonchev–Trinajstić information content (AvgIpc) is 3.31. The molecule has 0 aliphatic carbocycles. The van der Waals surface area contributed by atoms with Crippen molar-refractivity contribution in [1.29, 1.82) is 15.8 Å². The Morgan fingerprint density at radius 1 is 0.250 bits per heavy atom. The molecule has 0 aliphatic heterocycles. The summed E-state index contributed by atoms with van der Waals surface area (Å²) >= 11 is 0. The van der Waals surface area contributed by atoms with Crippen molar-refractivity contribution >= 4 is 0 Å². The lowest BCUT2D eigenvalue weighted by Crippen LogP contribution is -2.28. The zero-order chi connectivity index (χ0) is 46.2. The topological polar surface area (TPSA) is 228 Å². The minimum atomic E-state index is -0.335. The van der Waals surface area contributed by atoms with Gasteiger partial charge in [-0.25, -0.2) is 0 Å². The third-order valence-corrected chi connectivity index (χ3v) is 8.72. The van der Waals surface area contributed by atoms with Gasteiger partial charge < -0.3 is 80.5 Å². The zero-order valence-corrected chi connectivity index (χ0v) is 38.9. The van der Waals surface area contributed by atoms with Crippen LogP contribution in [0.4, 0.5) is 0 Å². The van der Waals surface area contributed by atoms with E-state index in [4.69, 9.17) is 96.3 Å². The smallest absolute Gasteiger partial charge is 0.0701 e. The van der Waals surface area contributed by atoms with Crippen molar-refractivity contribution in [2.24, 2.45) is 5.41 Å². The summed E-state index contributed by atoms with van der Waals surface area (Å²) < 4.78 is 92.9. The van der Waals surface area contributed by atoms with E-state index in [1.54, 1.807) is 7.11 Å². The molecule has 0 aromatic rings. The first-order chi connectivity index (χ1) is 31.7. The van der Waals surface area contributed by atoms with Crippen LogP contribution in [0.15, 0.2) is 0 Å². The maximum Gasteiger partial charge on any atom is 0.0701 e. The van der Waals surface area contributed by atoms with Crippen LogP contribution in [-0.4, -0.2) is 225 Å². The van der Waals surface area contributed by atoms with Crippen molar-refractivity contribution in [2.75, 3.05) is 225 Å². The second-order valence-corrected chi connectivity index (χ2v) is 13.7. The summed E-state index contributed by atoms with van der Waals surface area (Å²) in [5.74, 6) is 0. The molecule has 20 heteroatoms. The summed E-state index contributed by atoms with van der Waals surface area (Å²) in [6.45, 7) is 16.0. The molecule has 0 aromatic carbocycles. The lowest BCUT2D eigenvalue weighted by molar-refractivity contribution is -0.0320. The van der Waals surface area contributed by atoms with Crippen LogP contribution in [0, 0.1) is 39.4 Å². The molecule has 0 rings (SSSR count). The minimum absolute atomic E-state index is 0.335. The Labute approximate surface area is 383 Å². The fourth-order valence-corrected chi connectivity index (χ4v) is 5.28. The standard InChI is InChI=1S/C44H81N3O17/c1-48-11-12-49-13-14-50-15-16-51-17-18-52-19-20-53-21-22-54-23-24-55-25-26-56-27-28-57-29-30-58-31-32-59-33-34-60-35-36-61-37-38-62-39-40-63-41-42-64-43-44(5-2-8-45,6-3-9-46)7-4-10-47/h2-7,11-43H2,1H3. The van der Waals surface area contributed by atoms with Gasteiger partial charge in [0, 0.05) is 26.4 Å². The highest BCUT2D eigenvalue weighted by molar-refractivity contribution is 4.89. The second kappa shape index (κ2) is 55.1. The van der Waals surface area contributed by atoms with Crippen LogP contribution in [0.5, 0.6) is 0 Å². The molecular weight excluding hydrogens is 842 g/mol. The lowest BCUT2D eigenvalue weighted by Gasteiger charge is -2.32. The van der Waals surface area contributed by atoms with Gasteiger partial charge in [-0.15, -0.1) is 0 Å². The predicted molar refractivity (Wildman–Crippen MR) is 232 cm³/mol. The Morgan fingerprint density at radius 2 is 0.406 bits per heavy atom. The number of hydrogen-bond donors (Lipinski definition) is 0. The first kappa shape index (κ1) is 61.8. The Hall–Kier alpha value is -2.21. The van der Waals surface area contributed by atoms with Crippen molar-refractivity contribution in [2.45, 2.75) is 38.5 Å². The fourth-order valence-electron chi connectivity index (χ4n) is 5.28. The molecule has 0 amide bonds. The Kier molecular flexibility index (Phi) is 53.2. The molecule has 0 spiro atoms. The molecule has 0 heterocycles. The molecule has 0 unspecified atom stereocenters. The maximum atomic E-state index is 9.02. The molecule has 0 aliphatic rings. The number of nitriles is 3. The van der Waals surface area contributed by atoms with Crippen LogP contribution in [0.3, 0.4) is 0 Å². The molecular formula is C44H81N3O17. The van der Waals surface area contributed by atoms with Gasteiger partial charge in [0.05, 0.1) is 236 Å². The first-order valence-electron chi connectivity index (χ1n) is 22.6. The van der Waals surface area contributed by atoms with E-state index in [1.165, 1.54) is 0 Å². The number of hydrogen-bond acceptors (Lipinski definition) is 20. The van der Waals surface area contributed by atoms with Crippen molar-refractivity contribution < 1.29 is 80.5 Å². The Bertz CT molecular complexity index is 1000. The minimum Gasteiger partial charge on any atom is -0.382 e. The fraction of sp³-hybridized carbons (Fsp3) is 0.932. The van der Waals surface area contributed by atoms with E-state index in [2.05, 4.69) is 18.2 Å². The van der Waals surface area contributed by atoms with Crippen LogP contribution < -0.4 is 0 Å². The molecule has 0 bridgehead atoms. The van der Waals surface area contributed by atoms with Gasteiger partial charge >= 0.3 is 0 Å². The Balaban J connectivity index is 3.24. The summed E-state index contributed by atoms with van der Waals surface area (Å²) in [6, 6.07) is 6.49. The summed E-state index contributed by atoms with van der Waals surface area (Å²) in [5.41, 5.74) is -0.335. The highest BCUT2D eigenvalue weighted by Gasteiger charge is 2.29. The van der Waals surface area contributed by atoms with E-state index in [1.807, 2.05) is 0 Å². The third kappa shape index (κ3) is 49.2. The van der Waals surface area contributed by atoms with Crippen LogP contribution in [0.1, 0.15) is 38.5 Å². The highest BCUT2D eigenvalue weighted by Crippen LogP contribution is 2.35. The van der Waals surface area contributed by atoms with Gasteiger partial charge in [-0.1, -0.05) is 0 Å². The van der Waals surface area contributed by atoms with Crippen LogP contribution in [0.25, 0.3) is 0 Å². The highest BCUT2D eigenvalue weighted by atomic mass is 16.6. The van der Waals surface area contributed by atoms with Gasteiger partial charge in [-0.05, 0) is 24.7 Å². The molecule has 0 N–H and O–H groups in total.